The summed E-state index contributed by atoms with van der Waals surface area (Å²) in [5, 5.41) is 10.9. The second kappa shape index (κ2) is 8.18. The molecule has 3 aromatic rings. The van der Waals surface area contributed by atoms with Crippen molar-refractivity contribution in [3.63, 3.8) is 0 Å². The summed E-state index contributed by atoms with van der Waals surface area (Å²) in [4.78, 5) is 17.5. The molecule has 4 heterocycles. The van der Waals surface area contributed by atoms with E-state index in [9.17, 15) is 9.18 Å². The first-order valence-electron chi connectivity index (χ1n) is 10.8. The SMILES string of the molecule is O=C(C1CCN(Cc2ccnnc2)CC1)N1CCC(n2[nH]c3c(F)cccc32)CC1. The number of carbonyl (C=O) groups is 1. The van der Waals surface area contributed by atoms with E-state index in [1.54, 1.807) is 18.5 Å². The number of carbonyl (C=O) groups excluding carboxylic acids is 1. The number of nitrogens with zero attached hydrogens (tertiary/aromatic N) is 5. The Morgan fingerprint density at radius 3 is 2.60 bits per heavy atom. The second-order valence-corrected chi connectivity index (χ2v) is 8.47. The quantitative estimate of drug-likeness (QED) is 0.718. The number of hydrogen-bond donors (Lipinski definition) is 1. The van der Waals surface area contributed by atoms with Gasteiger partial charge in [-0.25, -0.2) is 4.39 Å². The number of aromatic nitrogens is 4. The maximum absolute atomic E-state index is 13.7. The van der Waals surface area contributed by atoms with Gasteiger partial charge in [-0.1, -0.05) is 6.07 Å². The molecule has 0 atom stereocenters. The minimum absolute atomic E-state index is 0.130. The molecule has 0 unspecified atom stereocenters. The van der Waals surface area contributed by atoms with Gasteiger partial charge in [-0.2, -0.15) is 10.2 Å². The number of benzene rings is 1. The Bertz CT molecular complexity index is 999. The fourth-order valence-corrected chi connectivity index (χ4v) is 4.85. The van der Waals surface area contributed by atoms with Crippen molar-refractivity contribution in [3.8, 4) is 0 Å². The van der Waals surface area contributed by atoms with Crippen LogP contribution in [0.25, 0.3) is 11.0 Å². The molecule has 0 radical (unpaired) electrons. The third-order valence-electron chi connectivity index (χ3n) is 6.61. The molecule has 2 saturated heterocycles. The molecule has 0 bridgehead atoms. The molecule has 2 fully saturated rings. The maximum Gasteiger partial charge on any atom is 0.225 e. The highest BCUT2D eigenvalue weighted by Gasteiger charge is 2.32. The van der Waals surface area contributed by atoms with E-state index in [0.717, 1.165) is 69.5 Å². The number of aromatic amines is 1. The monoisotopic (exact) mass is 410 g/mol. The van der Waals surface area contributed by atoms with Crippen molar-refractivity contribution < 1.29 is 9.18 Å². The molecule has 0 spiro atoms. The van der Waals surface area contributed by atoms with Crippen LogP contribution in [0.3, 0.4) is 0 Å². The number of hydrogen-bond acceptors (Lipinski definition) is 4. The molecule has 1 aromatic carbocycles. The number of H-pyrrole nitrogens is 1. The highest BCUT2D eigenvalue weighted by atomic mass is 19.1. The molecular formula is C22H27FN6O. The summed E-state index contributed by atoms with van der Waals surface area (Å²) >= 11 is 0. The zero-order chi connectivity index (χ0) is 20.5. The molecule has 8 heteroatoms. The van der Waals surface area contributed by atoms with Gasteiger partial charge in [0.05, 0.1) is 17.8 Å². The number of para-hydroxylation sites is 1. The smallest absolute Gasteiger partial charge is 0.225 e. The molecule has 1 amide bonds. The van der Waals surface area contributed by atoms with Gasteiger partial charge in [0, 0.05) is 31.7 Å². The molecule has 0 saturated carbocycles. The average molecular weight is 410 g/mol. The van der Waals surface area contributed by atoms with Crippen LogP contribution in [0.2, 0.25) is 0 Å². The average Bonchev–Trinajstić information content (AvgIpc) is 2.77. The first-order valence-corrected chi connectivity index (χ1v) is 10.8. The number of rotatable bonds is 4. The Hall–Kier alpha value is -2.74. The van der Waals surface area contributed by atoms with Gasteiger partial charge in [0.25, 0.3) is 0 Å². The van der Waals surface area contributed by atoms with Crippen LogP contribution in [0.1, 0.15) is 37.3 Å². The fourth-order valence-electron chi connectivity index (χ4n) is 4.85. The highest BCUT2D eigenvalue weighted by Crippen LogP contribution is 2.30. The predicted molar refractivity (Wildman–Crippen MR) is 111 cm³/mol. The van der Waals surface area contributed by atoms with Crippen LogP contribution in [0.5, 0.6) is 0 Å². The Labute approximate surface area is 174 Å². The standard InChI is InChI=1S/C22H27FN6O/c23-19-2-1-3-20-21(19)26-29(20)18-7-12-28(13-8-18)22(30)17-5-10-27(11-6-17)15-16-4-9-24-25-14-16/h1-4,9,14,17-18,26H,5-8,10-13,15H2. The van der Waals surface area contributed by atoms with Crippen molar-refractivity contribution in [2.75, 3.05) is 26.2 Å². The van der Waals surface area contributed by atoms with Crippen LogP contribution < -0.4 is 0 Å². The third kappa shape index (κ3) is 3.71. The van der Waals surface area contributed by atoms with Gasteiger partial charge in [-0.3, -0.25) is 19.5 Å². The van der Waals surface area contributed by atoms with Crippen LogP contribution in [0.15, 0.2) is 36.7 Å². The second-order valence-electron chi connectivity index (χ2n) is 8.47. The molecule has 2 aromatic heterocycles. The number of likely N-dealkylation sites (tertiary alicyclic amines) is 2. The third-order valence-corrected chi connectivity index (χ3v) is 6.61. The molecular weight excluding hydrogens is 383 g/mol. The molecule has 158 valence electrons. The first kappa shape index (κ1) is 19.2. The Morgan fingerprint density at radius 1 is 1.07 bits per heavy atom. The molecule has 30 heavy (non-hydrogen) atoms. The van der Waals surface area contributed by atoms with Crippen LogP contribution in [0, 0.1) is 11.7 Å². The summed E-state index contributed by atoms with van der Waals surface area (Å²) in [6.07, 6.45) is 7.17. The fraction of sp³-hybridized carbons (Fsp3) is 0.500. The van der Waals surface area contributed by atoms with Crippen LogP contribution in [-0.4, -0.2) is 61.9 Å². The number of fused-ring (bicyclic) bond motifs is 1. The minimum Gasteiger partial charge on any atom is -0.342 e. The van der Waals surface area contributed by atoms with Gasteiger partial charge in [-0.15, -0.1) is 0 Å². The van der Waals surface area contributed by atoms with Gasteiger partial charge < -0.3 is 4.90 Å². The summed E-state index contributed by atoms with van der Waals surface area (Å²) in [6, 6.07) is 7.47. The lowest BCUT2D eigenvalue weighted by molar-refractivity contribution is -0.138. The number of nitrogens with one attached hydrogen (secondary N) is 1. The van der Waals surface area contributed by atoms with Crippen LogP contribution >= 0.6 is 0 Å². The molecule has 7 nitrogen and oxygen atoms in total. The molecule has 5 rings (SSSR count). The first-order chi connectivity index (χ1) is 14.7. The summed E-state index contributed by atoms with van der Waals surface area (Å²) in [5.41, 5.74) is 2.68. The van der Waals surface area contributed by atoms with Gasteiger partial charge in [0.1, 0.15) is 11.3 Å². The van der Waals surface area contributed by atoms with E-state index in [2.05, 4.69) is 24.9 Å². The minimum atomic E-state index is -0.206. The number of amides is 1. The van der Waals surface area contributed by atoms with E-state index in [0.29, 0.717) is 17.5 Å². The van der Waals surface area contributed by atoms with Crippen molar-refractivity contribution in [1.82, 2.24) is 29.8 Å². The number of piperidine rings is 2. The molecule has 2 aliphatic rings. The lowest BCUT2D eigenvalue weighted by Gasteiger charge is -2.38. The Balaban J connectivity index is 1.12. The van der Waals surface area contributed by atoms with E-state index >= 15 is 0 Å². The molecule has 2 aliphatic heterocycles. The van der Waals surface area contributed by atoms with Crippen molar-refractivity contribution in [3.05, 3.63) is 48.0 Å². The Morgan fingerprint density at radius 2 is 1.87 bits per heavy atom. The van der Waals surface area contributed by atoms with Gasteiger partial charge in [-0.05, 0) is 62.5 Å². The molecule has 0 aliphatic carbocycles. The zero-order valence-electron chi connectivity index (χ0n) is 17.0. The highest BCUT2D eigenvalue weighted by molar-refractivity contribution is 5.79. The van der Waals surface area contributed by atoms with Crippen molar-refractivity contribution >= 4 is 16.9 Å². The van der Waals surface area contributed by atoms with E-state index in [4.69, 9.17) is 0 Å². The lowest BCUT2D eigenvalue weighted by Crippen LogP contribution is -2.45. The number of halogens is 1. The summed E-state index contributed by atoms with van der Waals surface area (Å²) in [5.74, 6) is 0.231. The van der Waals surface area contributed by atoms with Crippen LogP contribution in [-0.2, 0) is 11.3 Å². The lowest BCUT2D eigenvalue weighted by atomic mass is 9.93. The van der Waals surface area contributed by atoms with E-state index in [-0.39, 0.29) is 11.7 Å². The summed E-state index contributed by atoms with van der Waals surface area (Å²) in [7, 11) is 0. The van der Waals surface area contributed by atoms with E-state index in [1.165, 1.54) is 6.07 Å². The normalized spacial score (nSPS) is 19.6. The Kier molecular flexibility index (Phi) is 5.25. The maximum atomic E-state index is 13.7. The van der Waals surface area contributed by atoms with Crippen molar-refractivity contribution in [2.24, 2.45) is 5.92 Å². The van der Waals surface area contributed by atoms with Crippen LogP contribution in [0.4, 0.5) is 4.39 Å². The van der Waals surface area contributed by atoms with E-state index in [1.807, 2.05) is 17.0 Å². The van der Waals surface area contributed by atoms with Gasteiger partial charge in [0.15, 0.2) is 0 Å². The molecule has 1 N–H and O–H groups in total. The largest absolute Gasteiger partial charge is 0.342 e. The summed E-state index contributed by atoms with van der Waals surface area (Å²) < 4.78 is 15.8. The zero-order valence-corrected chi connectivity index (χ0v) is 17.0. The van der Waals surface area contributed by atoms with Gasteiger partial charge >= 0.3 is 0 Å². The van der Waals surface area contributed by atoms with Crippen molar-refractivity contribution in [1.29, 1.82) is 0 Å². The predicted octanol–water partition coefficient (Wildman–Crippen LogP) is 2.97. The summed E-state index contributed by atoms with van der Waals surface area (Å²) in [6.45, 7) is 4.29. The van der Waals surface area contributed by atoms with Gasteiger partial charge in [0.2, 0.25) is 5.91 Å². The van der Waals surface area contributed by atoms with E-state index < -0.39 is 0 Å². The van der Waals surface area contributed by atoms with Crippen molar-refractivity contribution in [2.45, 2.75) is 38.3 Å². The topological polar surface area (TPSA) is 70.1 Å².